The van der Waals surface area contributed by atoms with Crippen LogP contribution in [0.25, 0.3) is 0 Å². The van der Waals surface area contributed by atoms with Gasteiger partial charge in [0.2, 0.25) is 5.91 Å². The van der Waals surface area contributed by atoms with Gasteiger partial charge in [-0.3, -0.25) is 4.79 Å². The molecule has 2 aromatic carbocycles. The Balaban J connectivity index is 1.97. The molecular weight excluding hydrogens is 304 g/mol. The molecule has 4 nitrogen and oxygen atoms in total. The van der Waals surface area contributed by atoms with E-state index in [1.165, 1.54) is 6.07 Å². The minimum Gasteiger partial charge on any atom is -0.497 e. The van der Waals surface area contributed by atoms with Crippen LogP contribution in [-0.2, 0) is 11.2 Å². The van der Waals surface area contributed by atoms with Crippen LogP contribution in [0.15, 0.2) is 36.4 Å². The van der Waals surface area contributed by atoms with Gasteiger partial charge in [-0.1, -0.05) is 0 Å². The highest BCUT2D eigenvalue weighted by atomic mass is 19.2. The van der Waals surface area contributed by atoms with E-state index in [2.05, 4.69) is 5.32 Å². The van der Waals surface area contributed by atoms with Gasteiger partial charge < -0.3 is 14.8 Å². The van der Waals surface area contributed by atoms with E-state index in [0.717, 1.165) is 17.7 Å². The number of rotatable bonds is 6. The van der Waals surface area contributed by atoms with Crippen LogP contribution in [0.2, 0.25) is 0 Å². The molecule has 0 heterocycles. The molecule has 0 aliphatic carbocycles. The van der Waals surface area contributed by atoms with Crippen LogP contribution in [0.4, 0.5) is 14.5 Å². The molecular formula is C17H17F2NO3. The van der Waals surface area contributed by atoms with E-state index < -0.39 is 11.6 Å². The number of anilines is 1. The summed E-state index contributed by atoms with van der Waals surface area (Å²) in [6, 6.07) is 8.59. The molecule has 0 saturated carbocycles. The van der Waals surface area contributed by atoms with Crippen LogP contribution in [0.1, 0.15) is 12.0 Å². The van der Waals surface area contributed by atoms with Crippen LogP contribution in [0, 0.1) is 11.6 Å². The number of halogens is 2. The average Bonchev–Trinajstić information content (AvgIpc) is 2.56. The fourth-order valence-electron chi connectivity index (χ4n) is 2.07. The first-order valence-corrected chi connectivity index (χ1v) is 6.98. The smallest absolute Gasteiger partial charge is 0.224 e. The molecule has 0 aliphatic heterocycles. The van der Waals surface area contributed by atoms with Gasteiger partial charge in [-0.25, -0.2) is 8.78 Å². The predicted octanol–water partition coefficient (Wildman–Crippen LogP) is 3.55. The number of ether oxygens (including phenoxy) is 2. The summed E-state index contributed by atoms with van der Waals surface area (Å²) in [5.74, 6) is -0.967. The Morgan fingerprint density at radius 3 is 2.22 bits per heavy atom. The van der Waals surface area contributed by atoms with Gasteiger partial charge in [0.05, 0.1) is 14.2 Å². The Morgan fingerprint density at radius 1 is 1.00 bits per heavy atom. The second kappa shape index (κ2) is 7.58. The molecule has 1 N–H and O–H groups in total. The normalized spacial score (nSPS) is 10.3. The van der Waals surface area contributed by atoms with Crippen LogP contribution >= 0.6 is 0 Å². The van der Waals surface area contributed by atoms with Crippen LogP contribution in [0.3, 0.4) is 0 Å². The largest absolute Gasteiger partial charge is 0.497 e. The van der Waals surface area contributed by atoms with Gasteiger partial charge in [-0.15, -0.1) is 0 Å². The molecule has 23 heavy (non-hydrogen) atoms. The lowest BCUT2D eigenvalue weighted by Crippen LogP contribution is -2.12. The number of benzene rings is 2. The molecule has 1 amide bonds. The maximum Gasteiger partial charge on any atom is 0.224 e. The summed E-state index contributed by atoms with van der Waals surface area (Å²) in [5.41, 5.74) is 1.10. The van der Waals surface area contributed by atoms with Gasteiger partial charge in [0, 0.05) is 24.2 Å². The third kappa shape index (κ3) is 4.67. The summed E-state index contributed by atoms with van der Waals surface area (Å²) in [7, 11) is 3.10. The van der Waals surface area contributed by atoms with Crippen molar-refractivity contribution in [2.24, 2.45) is 0 Å². The monoisotopic (exact) mass is 321 g/mol. The molecule has 0 fully saturated rings. The van der Waals surface area contributed by atoms with Gasteiger partial charge in [0.25, 0.3) is 0 Å². The van der Waals surface area contributed by atoms with Gasteiger partial charge in [-0.2, -0.15) is 0 Å². The van der Waals surface area contributed by atoms with E-state index >= 15 is 0 Å². The summed E-state index contributed by atoms with van der Waals surface area (Å²) in [6.07, 6.45) is 0.651. The van der Waals surface area contributed by atoms with Gasteiger partial charge in [0.15, 0.2) is 11.6 Å². The zero-order valence-electron chi connectivity index (χ0n) is 12.9. The zero-order valence-corrected chi connectivity index (χ0v) is 12.9. The molecule has 6 heteroatoms. The lowest BCUT2D eigenvalue weighted by Gasteiger charge is -2.09. The zero-order chi connectivity index (χ0) is 16.8. The van der Waals surface area contributed by atoms with Crippen LogP contribution < -0.4 is 14.8 Å². The number of hydrogen-bond donors (Lipinski definition) is 1. The maximum absolute atomic E-state index is 13.1. The van der Waals surface area contributed by atoms with E-state index in [-0.39, 0.29) is 18.0 Å². The number of nitrogens with one attached hydrogen (secondary N) is 1. The Kier molecular flexibility index (Phi) is 5.51. The van der Waals surface area contributed by atoms with Crippen molar-refractivity contribution in [2.45, 2.75) is 12.8 Å². The van der Waals surface area contributed by atoms with Gasteiger partial charge >= 0.3 is 0 Å². The third-order valence-corrected chi connectivity index (χ3v) is 3.26. The molecule has 0 unspecified atom stereocenters. The summed E-state index contributed by atoms with van der Waals surface area (Å²) in [5, 5.41) is 2.53. The van der Waals surface area contributed by atoms with Crippen molar-refractivity contribution >= 4 is 11.6 Å². The first kappa shape index (κ1) is 16.7. The van der Waals surface area contributed by atoms with Crippen molar-refractivity contribution in [3.63, 3.8) is 0 Å². The number of aryl methyl sites for hydroxylation is 1. The quantitative estimate of drug-likeness (QED) is 0.885. The number of carbonyl (C=O) groups excluding carboxylic acids is 1. The van der Waals surface area contributed by atoms with E-state index in [9.17, 15) is 13.6 Å². The Hall–Kier alpha value is -2.63. The molecule has 0 spiro atoms. The highest BCUT2D eigenvalue weighted by molar-refractivity contribution is 5.90. The maximum atomic E-state index is 13.1. The molecule has 2 rings (SSSR count). The van der Waals surface area contributed by atoms with E-state index in [1.54, 1.807) is 20.3 Å². The van der Waals surface area contributed by atoms with E-state index in [1.807, 2.05) is 12.1 Å². The summed E-state index contributed by atoms with van der Waals surface area (Å²) in [6.45, 7) is 0. The fraction of sp³-hybridized carbons (Fsp3) is 0.235. The fourth-order valence-corrected chi connectivity index (χ4v) is 2.07. The molecule has 0 aromatic heterocycles. The van der Waals surface area contributed by atoms with Crippen molar-refractivity contribution in [3.8, 4) is 11.5 Å². The number of methoxy groups -OCH3 is 2. The second-order valence-corrected chi connectivity index (χ2v) is 4.90. The molecule has 0 radical (unpaired) electrons. The standard InChI is InChI=1S/C17H17F2NO3/c1-22-13-7-11(8-14(10-13)23-2)3-6-17(21)20-12-4-5-15(18)16(19)9-12/h4-5,7-10H,3,6H2,1-2H3,(H,20,21). The van der Waals surface area contributed by atoms with Crippen LogP contribution in [0.5, 0.6) is 11.5 Å². The molecule has 0 aliphatic rings. The Bertz CT molecular complexity index is 682. The van der Waals surface area contributed by atoms with E-state index in [4.69, 9.17) is 9.47 Å². The molecule has 0 atom stereocenters. The lowest BCUT2D eigenvalue weighted by atomic mass is 10.1. The van der Waals surface area contributed by atoms with Crippen molar-refractivity contribution in [1.82, 2.24) is 0 Å². The summed E-state index contributed by atoms with van der Waals surface area (Å²) in [4.78, 5) is 11.9. The molecule has 2 aromatic rings. The minimum absolute atomic E-state index is 0.190. The number of amides is 1. The summed E-state index contributed by atoms with van der Waals surface area (Å²) >= 11 is 0. The molecule has 0 bridgehead atoms. The van der Waals surface area contributed by atoms with Crippen molar-refractivity contribution in [2.75, 3.05) is 19.5 Å². The van der Waals surface area contributed by atoms with Crippen molar-refractivity contribution in [1.29, 1.82) is 0 Å². The Labute approximate surface area is 133 Å². The van der Waals surface area contributed by atoms with Crippen LogP contribution in [-0.4, -0.2) is 20.1 Å². The molecule has 0 saturated heterocycles. The lowest BCUT2D eigenvalue weighted by molar-refractivity contribution is -0.116. The first-order chi connectivity index (χ1) is 11.0. The second-order valence-electron chi connectivity index (χ2n) is 4.90. The first-order valence-electron chi connectivity index (χ1n) is 6.98. The molecule has 122 valence electrons. The van der Waals surface area contributed by atoms with Crippen molar-refractivity contribution in [3.05, 3.63) is 53.6 Å². The predicted molar refractivity (Wildman–Crippen MR) is 82.9 cm³/mol. The van der Waals surface area contributed by atoms with Gasteiger partial charge in [0.1, 0.15) is 11.5 Å². The minimum atomic E-state index is -1.000. The summed E-state index contributed by atoms with van der Waals surface area (Å²) < 4.78 is 36.3. The highest BCUT2D eigenvalue weighted by Gasteiger charge is 2.08. The van der Waals surface area contributed by atoms with E-state index in [0.29, 0.717) is 17.9 Å². The highest BCUT2D eigenvalue weighted by Crippen LogP contribution is 2.23. The van der Waals surface area contributed by atoms with Crippen molar-refractivity contribution < 1.29 is 23.0 Å². The number of carbonyl (C=O) groups is 1. The third-order valence-electron chi connectivity index (χ3n) is 3.26. The SMILES string of the molecule is COc1cc(CCC(=O)Nc2ccc(F)c(F)c2)cc(OC)c1. The number of hydrogen-bond acceptors (Lipinski definition) is 3. The van der Waals surface area contributed by atoms with Gasteiger partial charge in [-0.05, 0) is 36.2 Å². The Morgan fingerprint density at radius 2 is 1.65 bits per heavy atom. The topological polar surface area (TPSA) is 47.6 Å². The average molecular weight is 321 g/mol.